The van der Waals surface area contributed by atoms with Gasteiger partial charge < -0.3 is 5.11 Å². The van der Waals surface area contributed by atoms with Crippen molar-refractivity contribution in [3.05, 3.63) is 17.0 Å². The maximum absolute atomic E-state index is 12.2. The zero-order valence-electron chi connectivity index (χ0n) is 9.09. The van der Waals surface area contributed by atoms with Gasteiger partial charge in [-0.1, -0.05) is 6.92 Å². The molecule has 1 N–H and O–H groups in total. The highest BCUT2D eigenvalue weighted by Crippen LogP contribution is 2.33. The van der Waals surface area contributed by atoms with Crippen molar-refractivity contribution in [3.63, 3.8) is 0 Å². The Morgan fingerprint density at radius 3 is 2.69 bits per heavy atom. The molecule has 1 fully saturated rings. The lowest BCUT2D eigenvalue weighted by Crippen LogP contribution is -2.32. The topological polar surface area (TPSA) is 57.6 Å². The van der Waals surface area contributed by atoms with Crippen molar-refractivity contribution in [2.45, 2.75) is 36.6 Å². The highest BCUT2D eigenvalue weighted by Gasteiger charge is 2.37. The third-order valence-electron chi connectivity index (χ3n) is 2.64. The van der Waals surface area contributed by atoms with Crippen LogP contribution in [0.3, 0.4) is 0 Å². The number of rotatable bonds is 5. The third kappa shape index (κ3) is 2.15. The summed E-state index contributed by atoms with van der Waals surface area (Å²) in [7, 11) is -3.34. The number of aliphatic hydroxyl groups is 1. The summed E-state index contributed by atoms with van der Waals surface area (Å²) in [6.07, 6.45) is 1.93. The first-order valence-corrected chi connectivity index (χ1v) is 7.61. The van der Waals surface area contributed by atoms with Crippen LogP contribution in [-0.4, -0.2) is 30.4 Å². The van der Waals surface area contributed by atoms with Crippen molar-refractivity contribution in [2.75, 3.05) is 6.54 Å². The van der Waals surface area contributed by atoms with E-state index in [0.717, 1.165) is 12.8 Å². The van der Waals surface area contributed by atoms with Crippen molar-refractivity contribution in [3.8, 4) is 0 Å². The Bertz CT molecular complexity index is 462. The number of hydrogen-bond acceptors (Lipinski definition) is 4. The SMILES string of the molecule is CCN(C1CC1)S(=O)(=O)c1cc(CO)cs1. The summed E-state index contributed by atoms with van der Waals surface area (Å²) in [4.78, 5) is 0. The fourth-order valence-electron chi connectivity index (χ4n) is 1.67. The first kappa shape index (κ1) is 12.0. The molecule has 16 heavy (non-hydrogen) atoms. The standard InChI is InChI=1S/C10H15NO3S2/c1-2-11(9-3-4-9)16(13,14)10-5-8(6-12)7-15-10/h5,7,9,12H,2-4,6H2,1H3. The van der Waals surface area contributed by atoms with Crippen LogP contribution in [0.1, 0.15) is 25.3 Å². The molecule has 1 aromatic rings. The van der Waals surface area contributed by atoms with E-state index in [2.05, 4.69) is 0 Å². The Morgan fingerprint density at radius 1 is 1.56 bits per heavy atom. The lowest BCUT2D eigenvalue weighted by molar-refractivity contribution is 0.282. The maximum Gasteiger partial charge on any atom is 0.252 e. The maximum atomic E-state index is 12.2. The van der Waals surface area contributed by atoms with Crippen LogP contribution >= 0.6 is 11.3 Å². The molecule has 0 unspecified atom stereocenters. The van der Waals surface area contributed by atoms with Crippen molar-refractivity contribution in [1.82, 2.24) is 4.31 Å². The van der Waals surface area contributed by atoms with Crippen molar-refractivity contribution >= 4 is 21.4 Å². The van der Waals surface area contributed by atoms with Gasteiger partial charge in [-0.2, -0.15) is 4.31 Å². The number of thiophene rings is 1. The second-order valence-electron chi connectivity index (χ2n) is 3.87. The van der Waals surface area contributed by atoms with E-state index in [1.54, 1.807) is 15.8 Å². The smallest absolute Gasteiger partial charge is 0.252 e. The van der Waals surface area contributed by atoms with Crippen LogP contribution in [-0.2, 0) is 16.6 Å². The van der Waals surface area contributed by atoms with E-state index in [4.69, 9.17) is 5.11 Å². The van der Waals surface area contributed by atoms with Gasteiger partial charge in [-0.05, 0) is 29.9 Å². The molecule has 0 aromatic carbocycles. The number of nitrogens with zero attached hydrogens (tertiary/aromatic N) is 1. The summed E-state index contributed by atoms with van der Waals surface area (Å²) in [5, 5.41) is 10.6. The summed E-state index contributed by atoms with van der Waals surface area (Å²) in [5.74, 6) is 0. The van der Waals surface area contributed by atoms with Crippen LogP contribution in [0, 0.1) is 0 Å². The Balaban J connectivity index is 2.29. The van der Waals surface area contributed by atoms with Gasteiger partial charge in [0.15, 0.2) is 0 Å². The van der Waals surface area contributed by atoms with E-state index in [9.17, 15) is 8.42 Å². The van der Waals surface area contributed by atoms with Gasteiger partial charge in [-0.15, -0.1) is 11.3 Å². The van der Waals surface area contributed by atoms with E-state index in [1.165, 1.54) is 11.3 Å². The molecule has 1 aliphatic carbocycles. The van der Waals surface area contributed by atoms with Crippen molar-refractivity contribution in [2.24, 2.45) is 0 Å². The minimum atomic E-state index is -3.34. The van der Waals surface area contributed by atoms with Crippen LogP contribution in [0.5, 0.6) is 0 Å². The summed E-state index contributed by atoms with van der Waals surface area (Å²) >= 11 is 1.18. The van der Waals surface area contributed by atoms with Crippen molar-refractivity contribution in [1.29, 1.82) is 0 Å². The molecule has 1 heterocycles. The van der Waals surface area contributed by atoms with Gasteiger partial charge in [0.25, 0.3) is 10.0 Å². The van der Waals surface area contributed by atoms with Crippen LogP contribution < -0.4 is 0 Å². The summed E-state index contributed by atoms with van der Waals surface area (Å²) < 4.78 is 26.4. The van der Waals surface area contributed by atoms with Gasteiger partial charge in [0.1, 0.15) is 4.21 Å². The van der Waals surface area contributed by atoms with Gasteiger partial charge in [0.2, 0.25) is 0 Å². The molecule has 2 rings (SSSR count). The highest BCUT2D eigenvalue weighted by atomic mass is 32.2. The predicted octanol–water partition coefficient (Wildman–Crippen LogP) is 1.41. The molecule has 0 radical (unpaired) electrons. The lowest BCUT2D eigenvalue weighted by Gasteiger charge is -2.18. The number of hydrogen-bond donors (Lipinski definition) is 1. The molecule has 0 saturated heterocycles. The molecule has 6 heteroatoms. The molecular formula is C10H15NO3S2. The van der Waals surface area contributed by atoms with Gasteiger partial charge in [0.05, 0.1) is 6.61 Å². The Kier molecular flexibility index (Phi) is 3.34. The molecule has 0 spiro atoms. The minimum absolute atomic E-state index is 0.110. The second-order valence-corrected chi connectivity index (χ2v) is 6.90. The monoisotopic (exact) mass is 261 g/mol. The normalized spacial score (nSPS) is 16.9. The minimum Gasteiger partial charge on any atom is -0.392 e. The average Bonchev–Trinajstić information content (AvgIpc) is 2.95. The zero-order valence-corrected chi connectivity index (χ0v) is 10.7. The van der Waals surface area contributed by atoms with Gasteiger partial charge in [-0.3, -0.25) is 0 Å². The Morgan fingerprint density at radius 2 is 2.25 bits per heavy atom. The van der Waals surface area contributed by atoms with Crippen LogP contribution in [0.2, 0.25) is 0 Å². The van der Waals surface area contributed by atoms with E-state index in [0.29, 0.717) is 16.3 Å². The highest BCUT2D eigenvalue weighted by molar-refractivity contribution is 7.91. The molecule has 4 nitrogen and oxygen atoms in total. The molecule has 1 saturated carbocycles. The van der Waals surface area contributed by atoms with Gasteiger partial charge in [0, 0.05) is 12.6 Å². The van der Waals surface area contributed by atoms with Gasteiger partial charge in [-0.25, -0.2) is 8.42 Å². The molecule has 1 aromatic heterocycles. The van der Waals surface area contributed by atoms with Crippen LogP contribution in [0.15, 0.2) is 15.7 Å². The fraction of sp³-hybridized carbons (Fsp3) is 0.600. The molecule has 0 atom stereocenters. The van der Waals surface area contributed by atoms with E-state index >= 15 is 0 Å². The predicted molar refractivity (Wildman–Crippen MR) is 62.8 cm³/mol. The van der Waals surface area contributed by atoms with Crippen LogP contribution in [0.4, 0.5) is 0 Å². The van der Waals surface area contributed by atoms with Crippen LogP contribution in [0.25, 0.3) is 0 Å². The average molecular weight is 261 g/mol. The Labute approximate surface area is 99.6 Å². The summed E-state index contributed by atoms with van der Waals surface area (Å²) in [6.45, 7) is 2.26. The molecule has 0 aliphatic heterocycles. The van der Waals surface area contributed by atoms with E-state index in [1.807, 2.05) is 6.92 Å². The quantitative estimate of drug-likeness (QED) is 0.872. The molecule has 0 bridgehead atoms. The third-order valence-corrected chi connectivity index (χ3v) is 6.13. The lowest BCUT2D eigenvalue weighted by atomic mass is 10.4. The summed E-state index contributed by atoms with van der Waals surface area (Å²) in [6, 6.07) is 1.75. The molecule has 1 aliphatic rings. The van der Waals surface area contributed by atoms with Crippen molar-refractivity contribution < 1.29 is 13.5 Å². The first-order chi connectivity index (χ1) is 7.59. The molecule has 90 valence electrons. The Hall–Kier alpha value is -0.430. The van der Waals surface area contributed by atoms with E-state index in [-0.39, 0.29) is 12.6 Å². The second kappa shape index (κ2) is 4.44. The fourth-order valence-corrected chi connectivity index (χ4v) is 4.70. The first-order valence-electron chi connectivity index (χ1n) is 5.29. The zero-order chi connectivity index (χ0) is 11.8. The number of sulfonamides is 1. The number of aliphatic hydroxyl groups excluding tert-OH is 1. The molecular weight excluding hydrogens is 246 g/mol. The molecule has 0 amide bonds. The van der Waals surface area contributed by atoms with E-state index < -0.39 is 10.0 Å². The van der Waals surface area contributed by atoms with Gasteiger partial charge >= 0.3 is 0 Å². The largest absolute Gasteiger partial charge is 0.392 e. The summed E-state index contributed by atoms with van der Waals surface area (Å²) in [5.41, 5.74) is 0.662.